The average Bonchev–Trinajstić information content (AvgIpc) is 2.43. The number of nitrogens with one attached hydrogen (secondary N) is 1. The molecular formula is C16H33N3. The summed E-state index contributed by atoms with van der Waals surface area (Å²) in [4.78, 5) is 5.49. The maximum absolute atomic E-state index is 3.67. The van der Waals surface area contributed by atoms with Crippen LogP contribution in [-0.2, 0) is 0 Å². The van der Waals surface area contributed by atoms with Gasteiger partial charge in [-0.15, -0.1) is 0 Å². The smallest absolute Gasteiger partial charge is 0.0224 e. The molecule has 0 bridgehead atoms. The molecule has 3 heteroatoms. The van der Waals surface area contributed by atoms with Gasteiger partial charge in [-0.2, -0.15) is 0 Å². The Kier molecular flexibility index (Phi) is 5.67. The SMILES string of the molecule is CCCNC(C)C(C)N1CC2CCCCN2CC1C. The third-order valence-corrected chi connectivity index (χ3v) is 5.20. The molecule has 2 aliphatic heterocycles. The number of piperidine rings is 1. The zero-order chi connectivity index (χ0) is 13.8. The number of fused-ring (bicyclic) bond motifs is 1. The van der Waals surface area contributed by atoms with Gasteiger partial charge in [0.1, 0.15) is 0 Å². The Balaban J connectivity index is 1.91. The largest absolute Gasteiger partial charge is 0.313 e. The van der Waals surface area contributed by atoms with Gasteiger partial charge in [0.15, 0.2) is 0 Å². The second-order valence-electron chi connectivity index (χ2n) is 6.67. The predicted octanol–water partition coefficient (Wildman–Crippen LogP) is 2.32. The number of nitrogens with zero attached hydrogens (tertiary/aromatic N) is 2. The first kappa shape index (κ1) is 15.3. The molecule has 0 aromatic rings. The molecule has 0 aromatic heterocycles. The van der Waals surface area contributed by atoms with Crippen LogP contribution < -0.4 is 5.32 Å². The summed E-state index contributed by atoms with van der Waals surface area (Å²) in [6.07, 6.45) is 5.48. The highest BCUT2D eigenvalue weighted by Gasteiger charge is 2.35. The molecule has 0 aromatic carbocycles. The Morgan fingerprint density at radius 3 is 2.74 bits per heavy atom. The number of piperazine rings is 1. The summed E-state index contributed by atoms with van der Waals surface area (Å²) < 4.78 is 0. The van der Waals surface area contributed by atoms with Crippen molar-refractivity contribution < 1.29 is 0 Å². The molecule has 2 rings (SSSR count). The Morgan fingerprint density at radius 2 is 2.00 bits per heavy atom. The molecule has 2 aliphatic rings. The van der Waals surface area contributed by atoms with Gasteiger partial charge in [-0.1, -0.05) is 13.3 Å². The molecule has 0 saturated carbocycles. The maximum atomic E-state index is 3.67. The lowest BCUT2D eigenvalue weighted by molar-refractivity contribution is -0.0106. The molecule has 4 unspecified atom stereocenters. The first-order valence-corrected chi connectivity index (χ1v) is 8.36. The average molecular weight is 267 g/mol. The number of rotatable bonds is 5. The van der Waals surface area contributed by atoms with Crippen LogP contribution >= 0.6 is 0 Å². The van der Waals surface area contributed by atoms with Gasteiger partial charge in [-0.3, -0.25) is 9.80 Å². The summed E-state index contributed by atoms with van der Waals surface area (Å²) in [6.45, 7) is 14.4. The fourth-order valence-corrected chi connectivity index (χ4v) is 3.77. The van der Waals surface area contributed by atoms with Crippen LogP contribution in [0.25, 0.3) is 0 Å². The van der Waals surface area contributed by atoms with Crippen molar-refractivity contribution in [3.63, 3.8) is 0 Å². The lowest BCUT2D eigenvalue weighted by atomic mass is 9.95. The Labute approximate surface area is 119 Å². The quantitative estimate of drug-likeness (QED) is 0.825. The van der Waals surface area contributed by atoms with Crippen molar-refractivity contribution in [1.29, 1.82) is 0 Å². The minimum Gasteiger partial charge on any atom is -0.313 e. The Hall–Kier alpha value is -0.120. The van der Waals surface area contributed by atoms with Crippen LogP contribution in [0.1, 0.15) is 53.4 Å². The van der Waals surface area contributed by atoms with Gasteiger partial charge in [0.05, 0.1) is 0 Å². The third kappa shape index (κ3) is 3.71. The van der Waals surface area contributed by atoms with Gasteiger partial charge in [0.2, 0.25) is 0 Å². The van der Waals surface area contributed by atoms with Gasteiger partial charge >= 0.3 is 0 Å². The van der Waals surface area contributed by atoms with Crippen LogP contribution in [0.15, 0.2) is 0 Å². The minimum absolute atomic E-state index is 0.595. The van der Waals surface area contributed by atoms with Crippen LogP contribution in [0.2, 0.25) is 0 Å². The summed E-state index contributed by atoms with van der Waals surface area (Å²) in [6, 6.07) is 2.77. The van der Waals surface area contributed by atoms with E-state index >= 15 is 0 Å². The fraction of sp³-hybridized carbons (Fsp3) is 1.00. The van der Waals surface area contributed by atoms with E-state index < -0.39 is 0 Å². The molecule has 2 fully saturated rings. The van der Waals surface area contributed by atoms with E-state index in [1.54, 1.807) is 0 Å². The third-order valence-electron chi connectivity index (χ3n) is 5.20. The summed E-state index contributed by atoms with van der Waals surface area (Å²) in [5.74, 6) is 0. The van der Waals surface area contributed by atoms with Crippen molar-refractivity contribution in [2.45, 2.75) is 77.5 Å². The van der Waals surface area contributed by atoms with E-state index in [1.807, 2.05) is 0 Å². The van der Waals surface area contributed by atoms with Gasteiger partial charge < -0.3 is 5.32 Å². The molecule has 0 amide bonds. The van der Waals surface area contributed by atoms with E-state index in [0.29, 0.717) is 18.1 Å². The highest BCUT2D eigenvalue weighted by molar-refractivity contribution is 4.93. The maximum Gasteiger partial charge on any atom is 0.0224 e. The second kappa shape index (κ2) is 7.05. The summed E-state index contributed by atoms with van der Waals surface area (Å²) in [5.41, 5.74) is 0. The molecule has 112 valence electrons. The lowest BCUT2D eigenvalue weighted by Gasteiger charge is -2.50. The molecule has 2 heterocycles. The predicted molar refractivity (Wildman–Crippen MR) is 82.6 cm³/mol. The van der Waals surface area contributed by atoms with Gasteiger partial charge in [-0.25, -0.2) is 0 Å². The standard InChI is InChI=1S/C16H33N3/c1-5-9-17-14(3)15(4)19-12-16-8-6-7-10-18(16)11-13(19)2/h13-17H,5-12H2,1-4H3. The molecular weight excluding hydrogens is 234 g/mol. The minimum atomic E-state index is 0.595. The van der Waals surface area contributed by atoms with E-state index in [4.69, 9.17) is 0 Å². The van der Waals surface area contributed by atoms with E-state index in [1.165, 1.54) is 45.3 Å². The topological polar surface area (TPSA) is 18.5 Å². The lowest BCUT2D eigenvalue weighted by Crippen LogP contribution is -2.63. The Bertz CT molecular complexity index is 269. The van der Waals surface area contributed by atoms with Crippen molar-refractivity contribution in [3.8, 4) is 0 Å². The zero-order valence-electron chi connectivity index (χ0n) is 13.4. The number of hydrogen-bond donors (Lipinski definition) is 1. The molecule has 4 atom stereocenters. The second-order valence-corrected chi connectivity index (χ2v) is 6.67. The van der Waals surface area contributed by atoms with Crippen LogP contribution in [-0.4, -0.2) is 60.1 Å². The summed E-state index contributed by atoms with van der Waals surface area (Å²) >= 11 is 0. The highest BCUT2D eigenvalue weighted by atomic mass is 15.3. The fourth-order valence-electron chi connectivity index (χ4n) is 3.77. The molecule has 0 spiro atoms. The van der Waals surface area contributed by atoms with Gasteiger partial charge in [-0.05, 0) is 53.1 Å². The van der Waals surface area contributed by atoms with Crippen molar-refractivity contribution >= 4 is 0 Å². The molecule has 0 radical (unpaired) electrons. The van der Waals surface area contributed by atoms with Crippen molar-refractivity contribution in [3.05, 3.63) is 0 Å². The first-order chi connectivity index (χ1) is 9.13. The normalized spacial score (nSPS) is 32.8. The van der Waals surface area contributed by atoms with Crippen LogP contribution in [0.4, 0.5) is 0 Å². The molecule has 0 aliphatic carbocycles. The molecule has 19 heavy (non-hydrogen) atoms. The van der Waals surface area contributed by atoms with E-state index in [9.17, 15) is 0 Å². The van der Waals surface area contributed by atoms with Gasteiger partial charge in [0.25, 0.3) is 0 Å². The zero-order valence-corrected chi connectivity index (χ0v) is 13.4. The molecule has 2 saturated heterocycles. The van der Waals surface area contributed by atoms with E-state index in [0.717, 1.165) is 12.6 Å². The summed E-state index contributed by atoms with van der Waals surface area (Å²) in [5, 5.41) is 3.67. The Morgan fingerprint density at radius 1 is 1.21 bits per heavy atom. The van der Waals surface area contributed by atoms with Crippen LogP contribution in [0.5, 0.6) is 0 Å². The number of hydrogen-bond acceptors (Lipinski definition) is 3. The van der Waals surface area contributed by atoms with E-state index in [-0.39, 0.29) is 0 Å². The van der Waals surface area contributed by atoms with Crippen molar-refractivity contribution in [2.75, 3.05) is 26.2 Å². The van der Waals surface area contributed by atoms with Crippen molar-refractivity contribution in [2.24, 2.45) is 0 Å². The van der Waals surface area contributed by atoms with Crippen molar-refractivity contribution in [1.82, 2.24) is 15.1 Å². The van der Waals surface area contributed by atoms with Crippen LogP contribution in [0.3, 0.4) is 0 Å². The summed E-state index contributed by atoms with van der Waals surface area (Å²) in [7, 11) is 0. The molecule has 1 N–H and O–H groups in total. The monoisotopic (exact) mass is 267 g/mol. The highest BCUT2D eigenvalue weighted by Crippen LogP contribution is 2.25. The van der Waals surface area contributed by atoms with Gasteiger partial charge in [0, 0.05) is 37.3 Å². The molecule has 3 nitrogen and oxygen atoms in total. The van der Waals surface area contributed by atoms with E-state index in [2.05, 4.69) is 42.8 Å². The first-order valence-electron chi connectivity index (χ1n) is 8.36. The van der Waals surface area contributed by atoms with Crippen LogP contribution in [0, 0.1) is 0 Å².